The maximum Gasteiger partial charge on any atom is 0.225 e. The number of anilines is 1. The van der Waals surface area contributed by atoms with E-state index in [4.69, 9.17) is 0 Å². The van der Waals surface area contributed by atoms with Crippen molar-refractivity contribution in [3.05, 3.63) is 54.4 Å². The zero-order valence-electron chi connectivity index (χ0n) is 18.5. The molecule has 8 nitrogen and oxygen atoms in total. The first kappa shape index (κ1) is 21.2. The predicted octanol–water partition coefficient (Wildman–Crippen LogP) is 4.75. The smallest absolute Gasteiger partial charge is 0.225 e. The summed E-state index contributed by atoms with van der Waals surface area (Å²) in [5, 5.41) is 12.7. The minimum atomic E-state index is -0.318. The van der Waals surface area contributed by atoms with Crippen molar-refractivity contribution in [3.63, 3.8) is 0 Å². The minimum absolute atomic E-state index is 0.0194. The molecule has 170 valence electrons. The van der Waals surface area contributed by atoms with Gasteiger partial charge in [-0.2, -0.15) is 14.9 Å². The number of benzene rings is 1. The molecule has 0 spiro atoms. The zero-order chi connectivity index (χ0) is 22.8. The van der Waals surface area contributed by atoms with Crippen LogP contribution in [0.1, 0.15) is 50.6 Å². The van der Waals surface area contributed by atoms with Crippen molar-refractivity contribution in [2.75, 3.05) is 5.32 Å². The first-order valence-electron chi connectivity index (χ1n) is 11.4. The van der Waals surface area contributed by atoms with Crippen LogP contribution in [0.5, 0.6) is 0 Å². The Bertz CT molecular complexity index is 1270. The van der Waals surface area contributed by atoms with Crippen LogP contribution in [0.3, 0.4) is 0 Å². The van der Waals surface area contributed by atoms with Gasteiger partial charge in [-0.1, -0.05) is 32.1 Å². The third-order valence-corrected chi connectivity index (χ3v) is 6.22. The molecule has 1 fully saturated rings. The Kier molecular flexibility index (Phi) is 5.85. The van der Waals surface area contributed by atoms with E-state index in [0.29, 0.717) is 40.7 Å². The fraction of sp³-hybridized carbons (Fsp3) is 0.375. The monoisotopic (exact) mass is 447 g/mol. The number of nitrogens with one attached hydrogen (secondary N) is 1. The van der Waals surface area contributed by atoms with Crippen LogP contribution < -0.4 is 5.32 Å². The number of hydrogen-bond donors (Lipinski definition) is 1. The van der Waals surface area contributed by atoms with Gasteiger partial charge < -0.3 is 5.32 Å². The van der Waals surface area contributed by atoms with Gasteiger partial charge in [0.25, 0.3) is 0 Å². The summed E-state index contributed by atoms with van der Waals surface area (Å²) >= 11 is 0. The van der Waals surface area contributed by atoms with E-state index < -0.39 is 0 Å². The van der Waals surface area contributed by atoms with Crippen molar-refractivity contribution in [2.24, 2.45) is 5.92 Å². The van der Waals surface area contributed by atoms with E-state index >= 15 is 0 Å². The summed E-state index contributed by atoms with van der Waals surface area (Å²) in [6, 6.07) is 7.86. The van der Waals surface area contributed by atoms with Crippen LogP contribution in [0.4, 0.5) is 10.2 Å². The lowest BCUT2D eigenvalue weighted by Gasteiger charge is -2.21. The standard InChI is InChI=1S/C24H26FN7O/c1-16-13-21(29-22(33)12-7-17-5-3-2-4-6-17)32(30-16)24-20-14-28-31(23(20)26-15-27-24)19-10-8-18(25)9-11-19/h8-11,13-15,17H,2-7,12H2,1H3,(H,29,33). The van der Waals surface area contributed by atoms with Gasteiger partial charge in [0, 0.05) is 12.5 Å². The second-order valence-electron chi connectivity index (χ2n) is 8.64. The number of rotatable bonds is 6. The van der Waals surface area contributed by atoms with Crippen molar-refractivity contribution in [1.82, 2.24) is 29.5 Å². The summed E-state index contributed by atoms with van der Waals surface area (Å²) in [7, 11) is 0. The molecular formula is C24H26FN7O. The highest BCUT2D eigenvalue weighted by molar-refractivity contribution is 5.91. The molecule has 3 heterocycles. The maximum absolute atomic E-state index is 13.3. The molecule has 1 amide bonds. The molecule has 1 aliphatic rings. The topological polar surface area (TPSA) is 90.5 Å². The van der Waals surface area contributed by atoms with E-state index in [9.17, 15) is 9.18 Å². The molecule has 0 aliphatic heterocycles. The summed E-state index contributed by atoms with van der Waals surface area (Å²) < 4.78 is 16.6. The molecule has 0 radical (unpaired) electrons. The largest absolute Gasteiger partial charge is 0.311 e. The van der Waals surface area contributed by atoms with E-state index in [1.807, 2.05) is 13.0 Å². The molecule has 1 aliphatic carbocycles. The Hall–Kier alpha value is -3.62. The number of carbonyl (C=O) groups excluding carboxylic acids is 1. The number of aromatic nitrogens is 6. The van der Waals surface area contributed by atoms with Crippen LogP contribution in [-0.4, -0.2) is 35.4 Å². The highest BCUT2D eigenvalue weighted by Crippen LogP contribution is 2.28. The molecule has 3 aromatic heterocycles. The second kappa shape index (κ2) is 9.09. The van der Waals surface area contributed by atoms with Crippen LogP contribution in [-0.2, 0) is 4.79 Å². The summed E-state index contributed by atoms with van der Waals surface area (Å²) in [5.74, 6) is 1.39. The molecule has 33 heavy (non-hydrogen) atoms. The molecule has 1 saturated carbocycles. The van der Waals surface area contributed by atoms with Crippen LogP contribution in [0.15, 0.2) is 42.9 Å². The Morgan fingerprint density at radius 3 is 2.70 bits per heavy atom. The molecule has 1 aromatic carbocycles. The van der Waals surface area contributed by atoms with E-state index in [1.165, 1.54) is 50.6 Å². The average Bonchev–Trinajstić information content (AvgIpc) is 3.42. The Morgan fingerprint density at radius 2 is 1.91 bits per heavy atom. The molecule has 0 saturated heterocycles. The minimum Gasteiger partial charge on any atom is -0.311 e. The number of carbonyl (C=O) groups is 1. The lowest BCUT2D eigenvalue weighted by molar-refractivity contribution is -0.116. The van der Waals surface area contributed by atoms with Crippen molar-refractivity contribution in [2.45, 2.75) is 51.9 Å². The zero-order valence-corrected chi connectivity index (χ0v) is 18.5. The Balaban J connectivity index is 1.41. The van der Waals surface area contributed by atoms with Crippen LogP contribution in [0, 0.1) is 18.7 Å². The van der Waals surface area contributed by atoms with Crippen molar-refractivity contribution >= 4 is 22.8 Å². The Labute approximate surface area is 190 Å². The van der Waals surface area contributed by atoms with Gasteiger partial charge in [-0.15, -0.1) is 0 Å². The summed E-state index contributed by atoms with van der Waals surface area (Å²) in [6.45, 7) is 1.87. The fourth-order valence-corrected chi connectivity index (χ4v) is 4.54. The normalized spacial score (nSPS) is 14.6. The summed E-state index contributed by atoms with van der Waals surface area (Å²) in [6.07, 6.45) is 10.8. The lowest BCUT2D eigenvalue weighted by atomic mass is 9.86. The summed E-state index contributed by atoms with van der Waals surface area (Å²) in [4.78, 5) is 21.5. The van der Waals surface area contributed by atoms with Crippen LogP contribution in [0.25, 0.3) is 22.5 Å². The second-order valence-corrected chi connectivity index (χ2v) is 8.64. The van der Waals surface area contributed by atoms with Crippen molar-refractivity contribution in [1.29, 1.82) is 0 Å². The highest BCUT2D eigenvalue weighted by Gasteiger charge is 2.19. The number of nitrogens with zero attached hydrogens (tertiary/aromatic N) is 6. The molecule has 0 atom stereocenters. The summed E-state index contributed by atoms with van der Waals surface area (Å²) in [5.41, 5.74) is 2.01. The van der Waals surface area contributed by atoms with Crippen LogP contribution >= 0.6 is 0 Å². The highest BCUT2D eigenvalue weighted by atomic mass is 19.1. The number of halogens is 1. The number of aryl methyl sites for hydroxylation is 1. The molecule has 5 rings (SSSR count). The number of fused-ring (bicyclic) bond motifs is 1. The molecule has 0 bridgehead atoms. The third kappa shape index (κ3) is 4.48. The third-order valence-electron chi connectivity index (χ3n) is 6.22. The molecule has 9 heteroatoms. The van der Waals surface area contributed by atoms with E-state index in [2.05, 4.69) is 25.5 Å². The quantitative estimate of drug-likeness (QED) is 0.461. The molecular weight excluding hydrogens is 421 g/mol. The fourth-order valence-electron chi connectivity index (χ4n) is 4.54. The van der Waals surface area contributed by atoms with Gasteiger partial charge in [0.1, 0.15) is 18.0 Å². The van der Waals surface area contributed by atoms with Gasteiger partial charge in [0.05, 0.1) is 23.0 Å². The first-order valence-corrected chi connectivity index (χ1v) is 11.4. The van der Waals surface area contributed by atoms with Gasteiger partial charge in [-0.05, 0) is 43.5 Å². The first-order chi connectivity index (χ1) is 16.1. The van der Waals surface area contributed by atoms with Crippen molar-refractivity contribution < 1.29 is 9.18 Å². The van der Waals surface area contributed by atoms with Gasteiger partial charge in [0.2, 0.25) is 5.91 Å². The van der Waals surface area contributed by atoms with E-state index in [0.717, 1.165) is 12.1 Å². The maximum atomic E-state index is 13.3. The predicted molar refractivity (Wildman–Crippen MR) is 123 cm³/mol. The molecule has 0 unspecified atom stereocenters. The average molecular weight is 448 g/mol. The van der Waals surface area contributed by atoms with E-state index in [-0.39, 0.29) is 11.7 Å². The van der Waals surface area contributed by atoms with Crippen LogP contribution in [0.2, 0.25) is 0 Å². The lowest BCUT2D eigenvalue weighted by Crippen LogP contribution is -2.17. The van der Waals surface area contributed by atoms with Gasteiger partial charge in [-0.25, -0.2) is 19.0 Å². The number of amides is 1. The molecule has 1 N–H and O–H groups in total. The number of hydrogen-bond acceptors (Lipinski definition) is 5. The SMILES string of the molecule is Cc1cc(NC(=O)CCC2CCCCC2)n(-c2ncnc3c2cnn3-c2ccc(F)cc2)n1. The van der Waals surface area contributed by atoms with Gasteiger partial charge in [0.15, 0.2) is 11.5 Å². The Morgan fingerprint density at radius 1 is 1.12 bits per heavy atom. The van der Waals surface area contributed by atoms with Gasteiger partial charge in [-0.3, -0.25) is 4.79 Å². The van der Waals surface area contributed by atoms with Crippen molar-refractivity contribution in [3.8, 4) is 11.5 Å². The van der Waals surface area contributed by atoms with Gasteiger partial charge >= 0.3 is 0 Å². The molecule has 4 aromatic rings. The van der Waals surface area contributed by atoms with E-state index in [1.54, 1.807) is 27.7 Å².